The van der Waals surface area contributed by atoms with Crippen LogP contribution in [-0.2, 0) is 11.3 Å². The van der Waals surface area contributed by atoms with E-state index in [-0.39, 0.29) is 23.4 Å². The predicted octanol–water partition coefficient (Wildman–Crippen LogP) is 1.83. The summed E-state index contributed by atoms with van der Waals surface area (Å²) in [5.74, 6) is 1.54. The molecule has 3 N–H and O–H groups in total. The Bertz CT molecular complexity index is 501. The molecule has 6 heteroatoms. The van der Waals surface area contributed by atoms with E-state index in [1.807, 2.05) is 0 Å². The van der Waals surface area contributed by atoms with Crippen LogP contribution in [0.3, 0.4) is 0 Å². The van der Waals surface area contributed by atoms with Crippen LogP contribution in [0.4, 0.5) is 4.39 Å². The summed E-state index contributed by atoms with van der Waals surface area (Å²) >= 11 is 6.56. The number of rotatable bonds is 4. The molecule has 1 heterocycles. The molecule has 1 fully saturated rings. The second kappa shape index (κ2) is 6.34. The molecule has 0 spiro atoms. The molecule has 1 aromatic rings. The molecule has 1 aromatic carbocycles. The van der Waals surface area contributed by atoms with Gasteiger partial charge in [-0.1, -0.05) is 24.4 Å². The highest BCUT2D eigenvalue weighted by molar-refractivity contribution is 7.99. The number of carbonyl (C=O) groups is 1. The Morgan fingerprint density at radius 3 is 2.95 bits per heavy atom. The molecule has 19 heavy (non-hydrogen) atoms. The van der Waals surface area contributed by atoms with Crippen LogP contribution in [0.15, 0.2) is 18.2 Å². The van der Waals surface area contributed by atoms with Gasteiger partial charge in [0.05, 0.1) is 0 Å². The van der Waals surface area contributed by atoms with Crippen molar-refractivity contribution in [2.45, 2.75) is 13.0 Å². The Labute approximate surface area is 121 Å². The molecule has 1 amide bonds. The van der Waals surface area contributed by atoms with Crippen molar-refractivity contribution in [2.24, 2.45) is 11.7 Å². The molecule has 3 nitrogen and oxygen atoms in total. The zero-order valence-electron chi connectivity index (χ0n) is 10.3. The summed E-state index contributed by atoms with van der Waals surface area (Å²) in [4.78, 5) is 12.0. The average molecular weight is 298 g/mol. The summed E-state index contributed by atoms with van der Waals surface area (Å²) in [6, 6.07) is 4.57. The van der Waals surface area contributed by atoms with Gasteiger partial charge in [-0.05, 0) is 18.2 Å². The van der Waals surface area contributed by atoms with Gasteiger partial charge in [-0.2, -0.15) is 11.8 Å². The van der Waals surface area contributed by atoms with Crippen molar-refractivity contribution >= 4 is 34.9 Å². The van der Waals surface area contributed by atoms with Gasteiger partial charge < -0.3 is 11.1 Å². The van der Waals surface area contributed by atoms with E-state index < -0.39 is 5.82 Å². The number of nitrogens with two attached hydrogens (primary N) is 1. The van der Waals surface area contributed by atoms with Crippen molar-refractivity contribution in [2.75, 3.05) is 11.5 Å². The molecule has 0 aliphatic carbocycles. The van der Waals surface area contributed by atoms with Crippen LogP contribution in [0.1, 0.15) is 17.5 Å². The highest BCUT2D eigenvalue weighted by Gasteiger charge is 2.22. The molecule has 1 unspecified atom stereocenters. The Hall–Kier alpha value is -1.14. The van der Waals surface area contributed by atoms with E-state index in [1.165, 1.54) is 6.07 Å². The van der Waals surface area contributed by atoms with Crippen molar-refractivity contribution in [3.05, 3.63) is 35.1 Å². The molecular formula is C13H15FN2OS2. The van der Waals surface area contributed by atoms with Crippen LogP contribution in [0.5, 0.6) is 0 Å². The van der Waals surface area contributed by atoms with E-state index in [2.05, 4.69) is 5.32 Å². The number of hydrogen-bond acceptors (Lipinski definition) is 3. The van der Waals surface area contributed by atoms with Crippen LogP contribution >= 0.6 is 24.0 Å². The van der Waals surface area contributed by atoms with Crippen LogP contribution in [-0.4, -0.2) is 22.4 Å². The fraction of sp³-hybridized carbons (Fsp3) is 0.385. The van der Waals surface area contributed by atoms with E-state index in [4.69, 9.17) is 18.0 Å². The molecule has 0 saturated carbocycles. The summed E-state index contributed by atoms with van der Waals surface area (Å²) in [6.07, 6.45) is 0.902. The van der Waals surface area contributed by atoms with Gasteiger partial charge in [-0.25, -0.2) is 4.39 Å². The minimum absolute atomic E-state index is 0.00261. The van der Waals surface area contributed by atoms with E-state index in [9.17, 15) is 9.18 Å². The third-order valence-electron chi connectivity index (χ3n) is 3.09. The lowest BCUT2D eigenvalue weighted by atomic mass is 10.1. The maximum atomic E-state index is 13.8. The molecule has 1 atom stereocenters. The van der Waals surface area contributed by atoms with E-state index in [0.717, 1.165) is 17.9 Å². The summed E-state index contributed by atoms with van der Waals surface area (Å²) in [6.45, 7) is 0.198. The lowest BCUT2D eigenvalue weighted by Crippen LogP contribution is -2.30. The SMILES string of the molecule is NC(=S)c1ccc(CNC(=O)C2CCSC2)c(F)c1. The number of nitrogens with one attached hydrogen (secondary N) is 1. The van der Waals surface area contributed by atoms with Crippen molar-refractivity contribution in [3.63, 3.8) is 0 Å². The summed E-state index contributed by atoms with van der Waals surface area (Å²) in [7, 11) is 0. The Kier molecular flexibility index (Phi) is 4.76. The summed E-state index contributed by atoms with van der Waals surface area (Å²) in [5.41, 5.74) is 6.37. The number of thiocarbonyl (C=S) groups is 1. The lowest BCUT2D eigenvalue weighted by molar-refractivity contribution is -0.124. The van der Waals surface area contributed by atoms with Crippen LogP contribution in [0.2, 0.25) is 0 Å². The molecule has 0 aromatic heterocycles. The van der Waals surface area contributed by atoms with Crippen LogP contribution < -0.4 is 11.1 Å². The van der Waals surface area contributed by atoms with E-state index >= 15 is 0 Å². The quantitative estimate of drug-likeness (QED) is 0.833. The van der Waals surface area contributed by atoms with Gasteiger partial charge in [0.2, 0.25) is 5.91 Å². The molecule has 1 aliphatic heterocycles. The minimum Gasteiger partial charge on any atom is -0.389 e. The first kappa shape index (κ1) is 14.3. The molecule has 102 valence electrons. The maximum absolute atomic E-state index is 13.8. The molecule has 0 radical (unpaired) electrons. The van der Waals surface area contributed by atoms with Gasteiger partial charge in [0.1, 0.15) is 10.8 Å². The highest BCUT2D eigenvalue weighted by Crippen LogP contribution is 2.23. The molecular weight excluding hydrogens is 283 g/mol. The molecule has 1 aliphatic rings. The topological polar surface area (TPSA) is 55.1 Å². The summed E-state index contributed by atoms with van der Waals surface area (Å²) < 4.78 is 13.8. The molecule has 0 bridgehead atoms. The third kappa shape index (κ3) is 3.67. The second-order valence-corrected chi connectivity index (χ2v) is 6.04. The zero-order valence-corrected chi connectivity index (χ0v) is 12.0. The van der Waals surface area contributed by atoms with Crippen molar-refractivity contribution in [3.8, 4) is 0 Å². The third-order valence-corrected chi connectivity index (χ3v) is 4.49. The van der Waals surface area contributed by atoms with Gasteiger partial charge in [0.15, 0.2) is 0 Å². The fourth-order valence-electron chi connectivity index (χ4n) is 1.91. The average Bonchev–Trinajstić information content (AvgIpc) is 2.90. The monoisotopic (exact) mass is 298 g/mol. The highest BCUT2D eigenvalue weighted by atomic mass is 32.2. The normalized spacial score (nSPS) is 18.3. The molecule has 2 rings (SSSR count). The Morgan fingerprint density at radius 1 is 1.58 bits per heavy atom. The number of benzene rings is 1. The van der Waals surface area contributed by atoms with E-state index in [0.29, 0.717) is 11.1 Å². The smallest absolute Gasteiger partial charge is 0.224 e. The van der Waals surface area contributed by atoms with Gasteiger partial charge in [-0.3, -0.25) is 4.79 Å². The van der Waals surface area contributed by atoms with Crippen molar-refractivity contribution in [1.82, 2.24) is 5.32 Å². The van der Waals surface area contributed by atoms with Crippen molar-refractivity contribution in [1.29, 1.82) is 0 Å². The lowest BCUT2D eigenvalue weighted by Gasteiger charge is -2.11. The standard InChI is InChI=1S/C13H15FN2OS2/c14-11-5-8(12(15)18)1-2-9(11)6-16-13(17)10-3-4-19-7-10/h1-2,5,10H,3-4,6-7H2,(H2,15,18)(H,16,17). The summed E-state index contributed by atoms with van der Waals surface area (Å²) in [5, 5.41) is 2.77. The number of halogens is 1. The first-order valence-corrected chi connectivity index (χ1v) is 7.58. The largest absolute Gasteiger partial charge is 0.389 e. The van der Waals surface area contributed by atoms with E-state index in [1.54, 1.807) is 23.9 Å². The van der Waals surface area contributed by atoms with Gasteiger partial charge in [0, 0.05) is 29.3 Å². The Balaban J connectivity index is 1.95. The maximum Gasteiger partial charge on any atom is 0.224 e. The fourth-order valence-corrected chi connectivity index (χ4v) is 3.26. The van der Waals surface area contributed by atoms with Gasteiger partial charge in [0.25, 0.3) is 0 Å². The predicted molar refractivity (Wildman–Crippen MR) is 79.6 cm³/mol. The van der Waals surface area contributed by atoms with Crippen molar-refractivity contribution < 1.29 is 9.18 Å². The van der Waals surface area contributed by atoms with Gasteiger partial charge >= 0.3 is 0 Å². The first-order chi connectivity index (χ1) is 9.08. The van der Waals surface area contributed by atoms with Gasteiger partial charge in [-0.15, -0.1) is 0 Å². The van der Waals surface area contributed by atoms with Crippen LogP contribution in [0.25, 0.3) is 0 Å². The number of hydrogen-bond donors (Lipinski definition) is 2. The minimum atomic E-state index is -0.397. The van der Waals surface area contributed by atoms with Crippen LogP contribution in [0, 0.1) is 11.7 Å². The number of amides is 1. The second-order valence-electron chi connectivity index (χ2n) is 4.45. The zero-order chi connectivity index (χ0) is 13.8. The number of thioether (sulfide) groups is 1. The number of carbonyl (C=O) groups excluding carboxylic acids is 1. The first-order valence-electron chi connectivity index (χ1n) is 6.01. The Morgan fingerprint density at radius 2 is 2.37 bits per heavy atom. The molecule has 1 saturated heterocycles.